The highest BCUT2D eigenvalue weighted by atomic mass is 16.4. The third kappa shape index (κ3) is 2.55. The van der Waals surface area contributed by atoms with Crippen LogP contribution in [0.5, 0.6) is 0 Å². The molecular formula is C17H21NO3. The molecule has 0 bridgehead atoms. The molecule has 2 unspecified atom stereocenters. The zero-order valence-corrected chi connectivity index (χ0v) is 12.5. The highest BCUT2D eigenvalue weighted by Crippen LogP contribution is 2.53. The summed E-state index contributed by atoms with van der Waals surface area (Å²) >= 11 is 0. The predicted molar refractivity (Wildman–Crippen MR) is 78.8 cm³/mol. The maximum absolute atomic E-state index is 12.5. The minimum atomic E-state index is -0.811. The summed E-state index contributed by atoms with van der Waals surface area (Å²) in [6, 6.07) is 9.67. The molecule has 1 saturated carbocycles. The van der Waals surface area contributed by atoms with Gasteiger partial charge in [0.15, 0.2) is 0 Å². The molecule has 1 aliphatic carbocycles. The van der Waals surface area contributed by atoms with Gasteiger partial charge in [-0.1, -0.05) is 44.2 Å². The smallest absolute Gasteiger partial charge is 0.308 e. The Hall–Kier alpha value is -1.84. The number of amides is 1. The topological polar surface area (TPSA) is 57.6 Å². The molecular weight excluding hydrogens is 266 g/mol. The van der Waals surface area contributed by atoms with Crippen molar-refractivity contribution in [2.24, 2.45) is 17.3 Å². The number of nitrogens with zero attached hydrogens (tertiary/aromatic N) is 1. The van der Waals surface area contributed by atoms with Gasteiger partial charge in [-0.25, -0.2) is 0 Å². The van der Waals surface area contributed by atoms with Gasteiger partial charge in [0.05, 0.1) is 5.92 Å². The molecule has 1 N–H and O–H groups in total. The average Bonchev–Trinajstić information content (AvgIpc) is 2.89. The predicted octanol–water partition coefficient (Wildman–Crippen LogP) is 2.36. The molecule has 2 fully saturated rings. The van der Waals surface area contributed by atoms with Crippen LogP contribution in [0.25, 0.3) is 0 Å². The van der Waals surface area contributed by atoms with Crippen molar-refractivity contribution in [1.82, 2.24) is 4.90 Å². The summed E-state index contributed by atoms with van der Waals surface area (Å²) in [5.74, 6) is -1.21. The maximum Gasteiger partial charge on any atom is 0.308 e. The largest absolute Gasteiger partial charge is 0.481 e. The molecule has 4 heteroatoms. The zero-order valence-electron chi connectivity index (χ0n) is 12.5. The molecule has 1 amide bonds. The van der Waals surface area contributed by atoms with E-state index in [0.717, 1.165) is 12.0 Å². The van der Waals surface area contributed by atoms with Crippen molar-refractivity contribution >= 4 is 11.9 Å². The molecule has 4 nitrogen and oxygen atoms in total. The lowest BCUT2D eigenvalue weighted by molar-refractivity contribution is -0.142. The number of likely N-dealkylation sites (tertiary alicyclic amines) is 1. The standard InChI is InChI=1S/C17H21NO3/c1-17(2)8-14(17)15(19)18-9-12(13(10-18)16(20)21)11-6-4-3-5-7-11/h3-7,12-14H,8-10H2,1-2H3,(H,20,21)/t12?,13?,14-/m1/s1. The highest BCUT2D eigenvalue weighted by molar-refractivity contribution is 5.84. The van der Waals surface area contributed by atoms with E-state index in [1.807, 2.05) is 30.3 Å². The lowest BCUT2D eigenvalue weighted by atomic mass is 9.89. The van der Waals surface area contributed by atoms with Gasteiger partial charge in [0.25, 0.3) is 0 Å². The van der Waals surface area contributed by atoms with Crippen LogP contribution < -0.4 is 0 Å². The number of carbonyl (C=O) groups excluding carboxylic acids is 1. The number of carboxylic acids is 1. The fourth-order valence-electron chi connectivity index (χ4n) is 3.38. The molecule has 3 rings (SSSR count). The normalized spacial score (nSPS) is 30.2. The summed E-state index contributed by atoms with van der Waals surface area (Å²) in [5, 5.41) is 9.46. The van der Waals surface area contributed by atoms with Crippen molar-refractivity contribution in [3.63, 3.8) is 0 Å². The van der Waals surface area contributed by atoms with E-state index in [4.69, 9.17) is 0 Å². The lowest BCUT2D eigenvalue weighted by Crippen LogP contribution is -2.32. The SMILES string of the molecule is CC1(C)C[C@@H]1C(=O)N1CC(C(=O)O)C(c2ccccc2)C1. The Morgan fingerprint density at radius 3 is 2.33 bits per heavy atom. The Bertz CT molecular complexity index is 567. The van der Waals surface area contributed by atoms with Crippen LogP contribution in [0.4, 0.5) is 0 Å². The number of hydrogen-bond donors (Lipinski definition) is 1. The van der Waals surface area contributed by atoms with Crippen molar-refractivity contribution in [3.05, 3.63) is 35.9 Å². The van der Waals surface area contributed by atoms with E-state index in [0.29, 0.717) is 13.1 Å². The van der Waals surface area contributed by atoms with Crippen LogP contribution >= 0.6 is 0 Å². The van der Waals surface area contributed by atoms with Crippen molar-refractivity contribution < 1.29 is 14.7 Å². The van der Waals surface area contributed by atoms with E-state index in [9.17, 15) is 14.7 Å². The molecule has 3 atom stereocenters. The van der Waals surface area contributed by atoms with Crippen LogP contribution in [0.3, 0.4) is 0 Å². The van der Waals surface area contributed by atoms with E-state index in [2.05, 4.69) is 13.8 Å². The van der Waals surface area contributed by atoms with E-state index in [1.54, 1.807) is 4.90 Å². The Balaban J connectivity index is 1.79. The molecule has 112 valence electrons. The van der Waals surface area contributed by atoms with E-state index in [-0.39, 0.29) is 23.2 Å². The van der Waals surface area contributed by atoms with Gasteiger partial charge in [-0.05, 0) is 17.4 Å². The van der Waals surface area contributed by atoms with Gasteiger partial charge in [0.2, 0.25) is 5.91 Å². The molecule has 2 aliphatic rings. The first-order valence-electron chi connectivity index (χ1n) is 7.46. The van der Waals surface area contributed by atoms with Crippen molar-refractivity contribution in [3.8, 4) is 0 Å². The first kappa shape index (κ1) is 14.1. The average molecular weight is 287 g/mol. The molecule has 1 saturated heterocycles. The third-order valence-corrected chi connectivity index (χ3v) is 4.99. The second-order valence-electron chi connectivity index (χ2n) is 6.95. The van der Waals surface area contributed by atoms with Gasteiger partial charge in [0.1, 0.15) is 0 Å². The number of aliphatic carboxylic acids is 1. The van der Waals surface area contributed by atoms with Gasteiger partial charge >= 0.3 is 5.97 Å². The summed E-state index contributed by atoms with van der Waals surface area (Å²) in [7, 11) is 0. The Labute approximate surface area is 124 Å². The summed E-state index contributed by atoms with van der Waals surface area (Å²) in [5.41, 5.74) is 1.09. The van der Waals surface area contributed by atoms with Gasteiger partial charge in [-0.2, -0.15) is 0 Å². The Kier molecular flexibility index (Phi) is 3.27. The van der Waals surface area contributed by atoms with Crippen LogP contribution in [-0.2, 0) is 9.59 Å². The molecule has 1 aromatic rings. The maximum atomic E-state index is 12.5. The first-order chi connectivity index (χ1) is 9.90. The van der Waals surface area contributed by atoms with Crippen LogP contribution in [-0.4, -0.2) is 35.0 Å². The quantitative estimate of drug-likeness (QED) is 0.928. The second kappa shape index (κ2) is 4.86. The summed E-state index contributed by atoms with van der Waals surface area (Å²) in [6.07, 6.45) is 0.913. The van der Waals surface area contributed by atoms with E-state index in [1.165, 1.54) is 0 Å². The monoisotopic (exact) mass is 287 g/mol. The molecule has 0 spiro atoms. The van der Waals surface area contributed by atoms with Crippen molar-refractivity contribution in [1.29, 1.82) is 0 Å². The van der Waals surface area contributed by atoms with Crippen LogP contribution in [0, 0.1) is 17.3 Å². The van der Waals surface area contributed by atoms with Gasteiger partial charge < -0.3 is 10.0 Å². The molecule has 21 heavy (non-hydrogen) atoms. The van der Waals surface area contributed by atoms with Crippen LogP contribution in [0.15, 0.2) is 30.3 Å². The summed E-state index contributed by atoms with van der Waals surface area (Å²) < 4.78 is 0. The highest BCUT2D eigenvalue weighted by Gasteiger charge is 2.53. The van der Waals surface area contributed by atoms with Crippen LogP contribution in [0.2, 0.25) is 0 Å². The molecule has 1 heterocycles. The Morgan fingerprint density at radius 2 is 1.81 bits per heavy atom. The van der Waals surface area contributed by atoms with Crippen molar-refractivity contribution in [2.45, 2.75) is 26.2 Å². The van der Waals surface area contributed by atoms with E-state index < -0.39 is 11.9 Å². The Morgan fingerprint density at radius 1 is 1.19 bits per heavy atom. The zero-order chi connectivity index (χ0) is 15.2. The summed E-state index contributed by atoms with van der Waals surface area (Å²) in [4.78, 5) is 25.8. The number of hydrogen-bond acceptors (Lipinski definition) is 2. The fraction of sp³-hybridized carbons (Fsp3) is 0.529. The molecule has 0 aromatic heterocycles. The third-order valence-electron chi connectivity index (χ3n) is 4.99. The first-order valence-corrected chi connectivity index (χ1v) is 7.46. The second-order valence-corrected chi connectivity index (χ2v) is 6.95. The molecule has 1 aliphatic heterocycles. The lowest BCUT2D eigenvalue weighted by Gasteiger charge is -2.17. The van der Waals surface area contributed by atoms with Crippen molar-refractivity contribution in [2.75, 3.05) is 13.1 Å². The van der Waals surface area contributed by atoms with E-state index >= 15 is 0 Å². The fourth-order valence-corrected chi connectivity index (χ4v) is 3.38. The van der Waals surface area contributed by atoms with Gasteiger partial charge in [-0.3, -0.25) is 9.59 Å². The minimum Gasteiger partial charge on any atom is -0.481 e. The van der Waals surface area contributed by atoms with Gasteiger partial charge in [0, 0.05) is 24.9 Å². The number of carboxylic acid groups (broad SMARTS) is 1. The van der Waals surface area contributed by atoms with Gasteiger partial charge in [-0.15, -0.1) is 0 Å². The number of carbonyl (C=O) groups is 2. The number of rotatable bonds is 3. The minimum absolute atomic E-state index is 0.0708. The molecule has 1 aromatic carbocycles. The number of benzene rings is 1. The van der Waals surface area contributed by atoms with Crippen LogP contribution in [0.1, 0.15) is 31.7 Å². The molecule has 0 radical (unpaired) electrons. The summed E-state index contributed by atoms with van der Waals surface area (Å²) in [6.45, 7) is 5.04.